The fourth-order valence-corrected chi connectivity index (χ4v) is 5.21. The predicted octanol–water partition coefficient (Wildman–Crippen LogP) is 4.49. The first kappa shape index (κ1) is 23.0. The molecule has 184 valence electrons. The van der Waals surface area contributed by atoms with Crippen molar-refractivity contribution in [2.75, 3.05) is 39.3 Å². The lowest BCUT2D eigenvalue weighted by Gasteiger charge is -2.36. The summed E-state index contributed by atoms with van der Waals surface area (Å²) in [5.41, 5.74) is 4.65. The Morgan fingerprint density at radius 2 is 1.67 bits per heavy atom. The van der Waals surface area contributed by atoms with E-state index >= 15 is 0 Å². The highest BCUT2D eigenvalue weighted by molar-refractivity contribution is 5.84. The number of piperazine rings is 1. The number of rotatable bonds is 7. The van der Waals surface area contributed by atoms with Crippen LogP contribution in [0.1, 0.15) is 16.7 Å². The molecule has 2 aliphatic heterocycles. The molecule has 6 heteroatoms. The maximum Gasteiger partial charge on any atom is 0.135 e. The second kappa shape index (κ2) is 10.3. The van der Waals surface area contributed by atoms with Gasteiger partial charge in [0.05, 0.1) is 5.52 Å². The van der Waals surface area contributed by atoms with Gasteiger partial charge in [-0.3, -0.25) is 14.8 Å². The monoisotopic (exact) mass is 481 g/mol. The Labute approximate surface area is 211 Å². The van der Waals surface area contributed by atoms with Crippen LogP contribution in [0.2, 0.25) is 0 Å². The minimum Gasteiger partial charge on any atom is -0.490 e. The van der Waals surface area contributed by atoms with Gasteiger partial charge in [-0.25, -0.2) is 0 Å². The van der Waals surface area contributed by atoms with Crippen LogP contribution >= 0.6 is 0 Å². The molecule has 1 fully saturated rings. The fraction of sp³-hybridized carbons (Fsp3) is 0.300. The molecule has 4 aromatic rings. The maximum atomic E-state index is 10.6. The summed E-state index contributed by atoms with van der Waals surface area (Å²) in [7, 11) is 0. The molecule has 0 amide bonds. The summed E-state index contributed by atoms with van der Waals surface area (Å²) in [5, 5.41) is 11.6. The number of ether oxygens (including phenoxy) is 2. The van der Waals surface area contributed by atoms with Gasteiger partial charge < -0.3 is 14.6 Å². The van der Waals surface area contributed by atoms with Gasteiger partial charge >= 0.3 is 0 Å². The van der Waals surface area contributed by atoms with Crippen molar-refractivity contribution in [1.82, 2.24) is 14.8 Å². The largest absolute Gasteiger partial charge is 0.490 e. The lowest BCUT2D eigenvalue weighted by atomic mass is 9.97. The topological polar surface area (TPSA) is 58.1 Å². The Hall–Kier alpha value is -3.45. The van der Waals surface area contributed by atoms with E-state index in [0.717, 1.165) is 67.3 Å². The van der Waals surface area contributed by atoms with E-state index < -0.39 is 6.10 Å². The third kappa shape index (κ3) is 4.93. The molecule has 1 N–H and O–H groups in total. The van der Waals surface area contributed by atoms with Crippen LogP contribution in [0.25, 0.3) is 10.9 Å². The van der Waals surface area contributed by atoms with Gasteiger partial charge in [-0.05, 0) is 41.5 Å². The summed E-state index contributed by atoms with van der Waals surface area (Å²) in [4.78, 5) is 9.17. The van der Waals surface area contributed by atoms with Crippen LogP contribution in [0.5, 0.6) is 17.2 Å². The van der Waals surface area contributed by atoms with Crippen molar-refractivity contribution >= 4 is 10.9 Å². The first-order valence-corrected chi connectivity index (χ1v) is 12.7. The Morgan fingerprint density at radius 3 is 2.58 bits per heavy atom. The number of pyridine rings is 1. The van der Waals surface area contributed by atoms with Crippen LogP contribution in [-0.2, 0) is 13.0 Å². The van der Waals surface area contributed by atoms with Crippen molar-refractivity contribution in [3.63, 3.8) is 0 Å². The van der Waals surface area contributed by atoms with Gasteiger partial charge in [0.25, 0.3) is 0 Å². The molecule has 6 nitrogen and oxygen atoms in total. The quantitative estimate of drug-likeness (QED) is 0.370. The zero-order valence-electron chi connectivity index (χ0n) is 20.3. The van der Waals surface area contributed by atoms with E-state index in [4.69, 9.17) is 9.47 Å². The molecule has 1 aromatic heterocycles. The number of hydrogen-bond acceptors (Lipinski definition) is 6. The summed E-state index contributed by atoms with van der Waals surface area (Å²) in [6.45, 7) is 5.52. The van der Waals surface area contributed by atoms with E-state index in [1.165, 1.54) is 16.7 Å². The average molecular weight is 482 g/mol. The second-order valence-corrected chi connectivity index (χ2v) is 9.66. The average Bonchev–Trinajstić information content (AvgIpc) is 2.92. The number of β-amino-alcohol motifs (C(OH)–C–C–N with tert-alkyl or cyclic N) is 1. The number of aliphatic hydroxyl groups excluding tert-OH is 1. The number of nitrogens with zero attached hydrogens (tertiary/aromatic N) is 3. The zero-order chi connectivity index (χ0) is 24.3. The minimum absolute atomic E-state index is 0.267. The molecular formula is C30H31N3O3. The van der Waals surface area contributed by atoms with Gasteiger partial charge in [0.15, 0.2) is 0 Å². The van der Waals surface area contributed by atoms with Crippen LogP contribution in [0.3, 0.4) is 0 Å². The summed E-state index contributed by atoms with van der Waals surface area (Å²) in [5.74, 6) is 2.76. The number of hydrogen-bond donors (Lipinski definition) is 1. The summed E-state index contributed by atoms with van der Waals surface area (Å²) >= 11 is 0. The Morgan fingerprint density at radius 1 is 0.861 bits per heavy atom. The lowest BCUT2D eigenvalue weighted by Crippen LogP contribution is -2.48. The SMILES string of the molecule is OC(COc1cccc2ncccc12)CN1CCN(Cc2cccc3c2Oc2ccccc2C3)CC1. The molecule has 3 aromatic carbocycles. The number of para-hydroxylation sites is 2. The summed E-state index contributed by atoms with van der Waals surface area (Å²) < 4.78 is 12.3. The van der Waals surface area contributed by atoms with Gasteiger partial charge in [0, 0.05) is 62.8 Å². The third-order valence-electron chi connectivity index (χ3n) is 7.11. The molecule has 1 unspecified atom stereocenters. The highest BCUT2D eigenvalue weighted by atomic mass is 16.5. The molecule has 2 aliphatic rings. The molecule has 0 bridgehead atoms. The van der Waals surface area contributed by atoms with Gasteiger partial charge in [0.1, 0.15) is 30.0 Å². The zero-order valence-corrected chi connectivity index (χ0v) is 20.3. The first-order valence-electron chi connectivity index (χ1n) is 12.7. The third-order valence-corrected chi connectivity index (χ3v) is 7.11. The molecule has 1 saturated heterocycles. The van der Waals surface area contributed by atoms with E-state index in [0.29, 0.717) is 6.54 Å². The first-order chi connectivity index (χ1) is 17.7. The van der Waals surface area contributed by atoms with Crippen molar-refractivity contribution in [2.45, 2.75) is 19.1 Å². The second-order valence-electron chi connectivity index (χ2n) is 9.66. The van der Waals surface area contributed by atoms with Crippen molar-refractivity contribution < 1.29 is 14.6 Å². The van der Waals surface area contributed by atoms with Crippen molar-refractivity contribution in [2.24, 2.45) is 0 Å². The molecule has 0 aliphatic carbocycles. The lowest BCUT2D eigenvalue weighted by molar-refractivity contribution is 0.0448. The number of benzene rings is 3. The van der Waals surface area contributed by atoms with Gasteiger partial charge in [-0.2, -0.15) is 0 Å². The molecule has 0 radical (unpaired) electrons. The van der Waals surface area contributed by atoms with Crippen LogP contribution in [0.4, 0.5) is 0 Å². The van der Waals surface area contributed by atoms with E-state index in [2.05, 4.69) is 51.2 Å². The van der Waals surface area contributed by atoms with E-state index in [1.807, 2.05) is 36.4 Å². The number of fused-ring (bicyclic) bond motifs is 3. The summed E-state index contributed by atoms with van der Waals surface area (Å²) in [6, 6.07) is 24.5. The predicted molar refractivity (Wildman–Crippen MR) is 141 cm³/mol. The maximum absolute atomic E-state index is 10.6. The van der Waals surface area contributed by atoms with Gasteiger partial charge in [-0.15, -0.1) is 0 Å². The van der Waals surface area contributed by atoms with Crippen LogP contribution in [0, 0.1) is 0 Å². The Bertz CT molecular complexity index is 1350. The normalized spacial score (nSPS) is 16.7. The molecule has 3 heterocycles. The Kier molecular flexibility index (Phi) is 6.55. The molecular weight excluding hydrogens is 450 g/mol. The fourth-order valence-electron chi connectivity index (χ4n) is 5.21. The highest BCUT2D eigenvalue weighted by Crippen LogP contribution is 2.39. The van der Waals surface area contributed by atoms with Crippen LogP contribution < -0.4 is 9.47 Å². The number of aromatic nitrogens is 1. The van der Waals surface area contributed by atoms with E-state index in [1.54, 1.807) is 6.20 Å². The van der Waals surface area contributed by atoms with Crippen LogP contribution in [0.15, 0.2) is 79.0 Å². The van der Waals surface area contributed by atoms with Crippen molar-refractivity contribution in [1.29, 1.82) is 0 Å². The van der Waals surface area contributed by atoms with E-state index in [-0.39, 0.29) is 6.61 Å². The van der Waals surface area contributed by atoms with Gasteiger partial charge in [0.2, 0.25) is 0 Å². The standard InChI is InChI=1S/C30H31N3O3/c34-25(21-35-29-12-4-10-27-26(29)9-5-13-31-27)20-33-16-14-32(15-17-33)19-24-8-3-7-23-18-22-6-1-2-11-28(22)36-30(23)24/h1-13,25,34H,14-21H2. The van der Waals surface area contributed by atoms with Crippen LogP contribution in [-0.4, -0.2) is 65.3 Å². The molecule has 0 spiro atoms. The Balaban J connectivity index is 1.01. The van der Waals surface area contributed by atoms with Crippen molar-refractivity contribution in [3.05, 3.63) is 95.7 Å². The summed E-state index contributed by atoms with van der Waals surface area (Å²) in [6.07, 6.45) is 2.15. The van der Waals surface area contributed by atoms with Crippen molar-refractivity contribution in [3.8, 4) is 17.2 Å². The highest BCUT2D eigenvalue weighted by Gasteiger charge is 2.23. The van der Waals surface area contributed by atoms with Gasteiger partial charge in [-0.1, -0.05) is 42.5 Å². The molecule has 0 saturated carbocycles. The minimum atomic E-state index is -0.543. The molecule has 36 heavy (non-hydrogen) atoms. The molecule has 6 rings (SSSR count). The number of aliphatic hydroxyl groups is 1. The smallest absolute Gasteiger partial charge is 0.135 e. The molecule has 1 atom stereocenters. The van der Waals surface area contributed by atoms with E-state index in [9.17, 15) is 5.11 Å².